The average molecular weight is 636 g/mol. The van der Waals surface area contributed by atoms with Gasteiger partial charge in [-0.25, -0.2) is 0 Å². The van der Waals surface area contributed by atoms with Crippen molar-refractivity contribution in [1.82, 2.24) is 0 Å². The first-order valence-electron chi connectivity index (χ1n) is 16.8. The number of benzene rings is 6. The molecule has 0 amide bonds. The third-order valence-electron chi connectivity index (χ3n) is 11.0. The van der Waals surface area contributed by atoms with Crippen molar-refractivity contribution in [3.63, 3.8) is 0 Å². The maximum absolute atomic E-state index is 9.48. The molecule has 0 radical (unpaired) electrons. The molecule has 1 aliphatic carbocycles. The molecule has 1 fully saturated rings. The summed E-state index contributed by atoms with van der Waals surface area (Å²) in [5, 5.41) is 9.48. The van der Waals surface area contributed by atoms with Crippen molar-refractivity contribution < 1.29 is 14.0 Å². The second-order valence-corrected chi connectivity index (χ2v) is 14.3. The topological polar surface area (TPSA) is 51.5 Å². The molecule has 2 aliphatic heterocycles. The Bertz CT molecular complexity index is 2310. The first kappa shape index (κ1) is 29.7. The van der Waals surface area contributed by atoms with Gasteiger partial charge >= 0.3 is 7.12 Å². The van der Waals surface area contributed by atoms with Crippen molar-refractivity contribution in [2.45, 2.75) is 44.3 Å². The fraction of sp³-hybridized carbons (Fsp3) is 0.159. The Morgan fingerprint density at radius 3 is 1.67 bits per heavy atom. The van der Waals surface area contributed by atoms with Gasteiger partial charge in [0.2, 0.25) is 0 Å². The molecule has 5 heteroatoms. The minimum Gasteiger partial charge on any atom is -0.457 e. The number of nitriles is 1. The molecule has 49 heavy (non-hydrogen) atoms. The van der Waals surface area contributed by atoms with Gasteiger partial charge in [0.25, 0.3) is 0 Å². The highest BCUT2D eigenvalue weighted by molar-refractivity contribution is 6.62. The molecule has 4 nitrogen and oxygen atoms in total. The Kier molecular flexibility index (Phi) is 6.39. The highest BCUT2D eigenvalue weighted by Crippen LogP contribution is 2.62. The summed E-state index contributed by atoms with van der Waals surface area (Å²) in [6.07, 6.45) is 0. The molecule has 236 valence electrons. The van der Waals surface area contributed by atoms with Gasteiger partial charge in [-0.1, -0.05) is 103 Å². The minimum atomic E-state index is -0.567. The summed E-state index contributed by atoms with van der Waals surface area (Å²) in [6.45, 7) is 8.32. The lowest BCUT2D eigenvalue weighted by Crippen LogP contribution is -2.41. The smallest absolute Gasteiger partial charge is 0.457 e. The molecule has 6 aromatic rings. The Hall–Kier alpha value is -5.41. The zero-order valence-corrected chi connectivity index (χ0v) is 28.0. The van der Waals surface area contributed by atoms with E-state index in [-0.39, 0.29) is 0 Å². The Balaban J connectivity index is 1.23. The van der Waals surface area contributed by atoms with E-state index in [1.54, 1.807) is 0 Å². The van der Waals surface area contributed by atoms with Crippen LogP contribution in [0.3, 0.4) is 0 Å². The third kappa shape index (κ3) is 4.31. The van der Waals surface area contributed by atoms with E-state index in [0.717, 1.165) is 50.3 Å². The number of hydrogen-bond donors (Lipinski definition) is 0. The van der Waals surface area contributed by atoms with Crippen LogP contribution in [0, 0.1) is 11.3 Å². The van der Waals surface area contributed by atoms with Crippen LogP contribution in [0.25, 0.3) is 33.4 Å². The quantitative estimate of drug-likeness (QED) is 0.182. The second-order valence-electron chi connectivity index (χ2n) is 14.3. The van der Waals surface area contributed by atoms with Crippen molar-refractivity contribution in [2.24, 2.45) is 0 Å². The van der Waals surface area contributed by atoms with Crippen LogP contribution in [-0.4, -0.2) is 18.3 Å². The molecular formula is C44H34BNO3. The fourth-order valence-corrected chi connectivity index (χ4v) is 7.88. The Morgan fingerprint density at radius 2 is 1.04 bits per heavy atom. The summed E-state index contributed by atoms with van der Waals surface area (Å²) in [5.41, 5.74) is 11.5. The van der Waals surface area contributed by atoms with Crippen LogP contribution >= 0.6 is 0 Å². The summed E-state index contributed by atoms with van der Waals surface area (Å²) >= 11 is 0. The SMILES string of the molecule is CC1(C)OB(c2ccc3c(c2)Oc2cc(-c4cccc(-c5cccc(C#N)c5)c4)ccc2C32c3ccccc3-c3ccccc32)OC1(C)C. The third-order valence-corrected chi connectivity index (χ3v) is 11.0. The van der Waals surface area contributed by atoms with Crippen LogP contribution in [0.1, 0.15) is 55.5 Å². The maximum atomic E-state index is 9.48. The summed E-state index contributed by atoms with van der Waals surface area (Å²) in [6, 6.07) is 49.1. The molecule has 1 saturated heterocycles. The normalized spacial score (nSPS) is 17.0. The molecule has 6 aromatic carbocycles. The lowest BCUT2D eigenvalue weighted by molar-refractivity contribution is 0.00578. The lowest BCUT2D eigenvalue weighted by Gasteiger charge is -2.39. The van der Waals surface area contributed by atoms with Crippen molar-refractivity contribution >= 4 is 12.6 Å². The summed E-state index contributed by atoms with van der Waals surface area (Å²) in [7, 11) is -0.506. The molecule has 0 unspecified atom stereocenters. The molecule has 3 aliphatic rings. The minimum absolute atomic E-state index is 0.453. The van der Waals surface area contributed by atoms with Crippen LogP contribution in [-0.2, 0) is 14.7 Å². The van der Waals surface area contributed by atoms with E-state index < -0.39 is 23.7 Å². The number of rotatable bonds is 3. The van der Waals surface area contributed by atoms with E-state index in [0.29, 0.717) is 5.56 Å². The summed E-state index contributed by atoms with van der Waals surface area (Å²) in [5.74, 6) is 1.62. The van der Waals surface area contributed by atoms with E-state index in [4.69, 9.17) is 14.0 Å². The van der Waals surface area contributed by atoms with Crippen LogP contribution in [0.2, 0.25) is 0 Å². The lowest BCUT2D eigenvalue weighted by atomic mass is 9.65. The summed E-state index contributed by atoms with van der Waals surface area (Å²) in [4.78, 5) is 0. The molecule has 1 spiro atoms. The number of ether oxygens (including phenoxy) is 1. The van der Waals surface area contributed by atoms with E-state index in [1.165, 1.54) is 22.3 Å². The molecule has 0 bridgehead atoms. The van der Waals surface area contributed by atoms with Gasteiger partial charge in [-0.2, -0.15) is 5.26 Å². The van der Waals surface area contributed by atoms with Gasteiger partial charge in [0, 0.05) is 11.1 Å². The largest absolute Gasteiger partial charge is 0.494 e. The van der Waals surface area contributed by atoms with Crippen molar-refractivity contribution in [1.29, 1.82) is 5.26 Å². The van der Waals surface area contributed by atoms with Crippen molar-refractivity contribution in [3.8, 4) is 50.9 Å². The predicted octanol–water partition coefficient (Wildman–Crippen LogP) is 9.66. The predicted molar refractivity (Wildman–Crippen MR) is 195 cm³/mol. The van der Waals surface area contributed by atoms with Gasteiger partial charge in [0.05, 0.1) is 28.2 Å². The highest BCUT2D eigenvalue weighted by Gasteiger charge is 2.54. The van der Waals surface area contributed by atoms with Gasteiger partial charge in [0.15, 0.2) is 0 Å². The van der Waals surface area contributed by atoms with Gasteiger partial charge < -0.3 is 14.0 Å². The zero-order valence-electron chi connectivity index (χ0n) is 28.0. The maximum Gasteiger partial charge on any atom is 0.494 e. The second kappa shape index (κ2) is 10.5. The molecule has 0 atom stereocenters. The van der Waals surface area contributed by atoms with Crippen molar-refractivity contribution in [3.05, 3.63) is 161 Å². The van der Waals surface area contributed by atoms with Gasteiger partial charge in [-0.15, -0.1) is 0 Å². The monoisotopic (exact) mass is 635 g/mol. The molecule has 0 aromatic heterocycles. The highest BCUT2D eigenvalue weighted by atomic mass is 16.7. The first-order valence-corrected chi connectivity index (χ1v) is 16.8. The zero-order chi connectivity index (χ0) is 33.5. The van der Waals surface area contributed by atoms with Gasteiger partial charge in [-0.05, 0) is 108 Å². The molecule has 0 N–H and O–H groups in total. The van der Waals surface area contributed by atoms with E-state index >= 15 is 0 Å². The standard InChI is InChI=1S/C44H34BNO3/c1-42(2)43(3,4)49-45(48-42)33-20-22-39-41(26-33)47-40-25-32(31-14-10-13-30(24-31)29-12-9-11-28(23-29)27-46)19-21-38(40)44(39)36-17-7-5-15-34(36)35-16-6-8-18-37(35)44/h5-26H,1-4H3. The molecular weight excluding hydrogens is 601 g/mol. The van der Waals surface area contributed by atoms with E-state index in [1.807, 2.05) is 24.3 Å². The van der Waals surface area contributed by atoms with Gasteiger partial charge in [-0.3, -0.25) is 0 Å². The fourth-order valence-electron chi connectivity index (χ4n) is 7.88. The summed E-state index contributed by atoms with van der Waals surface area (Å²) < 4.78 is 19.9. The Morgan fingerprint density at radius 1 is 0.510 bits per heavy atom. The average Bonchev–Trinajstić information content (AvgIpc) is 3.54. The van der Waals surface area contributed by atoms with E-state index in [9.17, 15) is 5.26 Å². The van der Waals surface area contributed by atoms with E-state index in [2.05, 4.69) is 143 Å². The van der Waals surface area contributed by atoms with Crippen LogP contribution in [0.5, 0.6) is 11.5 Å². The van der Waals surface area contributed by atoms with Gasteiger partial charge in [0.1, 0.15) is 11.5 Å². The molecule has 2 heterocycles. The van der Waals surface area contributed by atoms with Crippen LogP contribution < -0.4 is 10.2 Å². The number of hydrogen-bond acceptors (Lipinski definition) is 4. The number of nitrogens with zero attached hydrogens (tertiary/aromatic N) is 1. The van der Waals surface area contributed by atoms with Crippen molar-refractivity contribution in [2.75, 3.05) is 0 Å². The van der Waals surface area contributed by atoms with Crippen LogP contribution in [0.15, 0.2) is 133 Å². The first-order chi connectivity index (χ1) is 23.7. The molecule has 0 saturated carbocycles. The van der Waals surface area contributed by atoms with Crippen LogP contribution in [0.4, 0.5) is 0 Å². The molecule has 9 rings (SSSR count). The Labute approximate surface area is 287 Å². The number of fused-ring (bicyclic) bond motifs is 9.